The fourth-order valence-corrected chi connectivity index (χ4v) is 2.42. The molecule has 2 rings (SSSR count). The molecule has 1 fully saturated rings. The van der Waals surface area contributed by atoms with Crippen molar-refractivity contribution in [2.45, 2.75) is 12.8 Å². The number of benzene rings is 1. The molecular formula is C11H14ClN3S. The highest BCUT2D eigenvalue weighted by Crippen LogP contribution is 2.35. The summed E-state index contributed by atoms with van der Waals surface area (Å²) in [6, 6.07) is 5.72. The van der Waals surface area contributed by atoms with Gasteiger partial charge < -0.3 is 16.0 Å². The second-order valence-electron chi connectivity index (χ2n) is 3.82. The van der Waals surface area contributed by atoms with Gasteiger partial charge in [0.25, 0.3) is 0 Å². The molecule has 0 aliphatic carbocycles. The van der Waals surface area contributed by atoms with Crippen LogP contribution in [0.2, 0.25) is 5.02 Å². The summed E-state index contributed by atoms with van der Waals surface area (Å²) in [7, 11) is 0. The molecule has 0 atom stereocenters. The molecule has 3 N–H and O–H groups in total. The van der Waals surface area contributed by atoms with E-state index in [1.165, 1.54) is 12.8 Å². The summed E-state index contributed by atoms with van der Waals surface area (Å²) in [5.41, 5.74) is 7.40. The number of para-hydroxylation sites is 1. The summed E-state index contributed by atoms with van der Waals surface area (Å²) in [6.07, 6.45) is 2.41. The van der Waals surface area contributed by atoms with Crippen molar-refractivity contribution in [3.8, 4) is 0 Å². The van der Waals surface area contributed by atoms with Gasteiger partial charge in [0.2, 0.25) is 0 Å². The average molecular weight is 256 g/mol. The fourth-order valence-electron chi connectivity index (χ4n) is 2.01. The topological polar surface area (TPSA) is 41.3 Å². The van der Waals surface area contributed by atoms with Crippen LogP contribution in [-0.4, -0.2) is 18.2 Å². The summed E-state index contributed by atoms with van der Waals surface area (Å²) < 4.78 is 0. The molecule has 0 saturated carbocycles. The van der Waals surface area contributed by atoms with E-state index in [-0.39, 0.29) is 5.11 Å². The van der Waals surface area contributed by atoms with Crippen molar-refractivity contribution in [3.05, 3.63) is 23.2 Å². The van der Waals surface area contributed by atoms with Crippen LogP contribution in [0, 0.1) is 0 Å². The van der Waals surface area contributed by atoms with Gasteiger partial charge in [0.1, 0.15) is 0 Å². The standard InChI is InChI=1S/C11H14ClN3S/c12-8-4-3-5-9(14-11(13)16)10(8)15-6-1-2-7-15/h3-5H,1-2,6-7H2,(H3,13,14,16). The Labute approximate surface area is 106 Å². The second-order valence-corrected chi connectivity index (χ2v) is 4.67. The molecule has 0 aromatic heterocycles. The monoisotopic (exact) mass is 255 g/mol. The first-order chi connectivity index (χ1) is 7.68. The smallest absolute Gasteiger partial charge is 0.168 e. The van der Waals surface area contributed by atoms with Gasteiger partial charge in [-0.25, -0.2) is 0 Å². The van der Waals surface area contributed by atoms with E-state index in [0.29, 0.717) is 0 Å². The first kappa shape index (κ1) is 11.5. The first-order valence-electron chi connectivity index (χ1n) is 5.28. The number of anilines is 2. The van der Waals surface area contributed by atoms with Gasteiger partial charge in [-0.15, -0.1) is 0 Å². The molecule has 1 aromatic carbocycles. The minimum Gasteiger partial charge on any atom is -0.376 e. The molecule has 0 radical (unpaired) electrons. The minimum absolute atomic E-state index is 0.266. The molecule has 16 heavy (non-hydrogen) atoms. The SMILES string of the molecule is NC(=S)Nc1cccc(Cl)c1N1CCCC1. The quantitative estimate of drug-likeness (QED) is 0.797. The maximum absolute atomic E-state index is 6.23. The molecular weight excluding hydrogens is 242 g/mol. The third-order valence-electron chi connectivity index (χ3n) is 2.67. The van der Waals surface area contributed by atoms with Crippen LogP contribution in [0.15, 0.2) is 18.2 Å². The van der Waals surface area contributed by atoms with Crippen LogP contribution in [-0.2, 0) is 0 Å². The lowest BCUT2D eigenvalue weighted by atomic mass is 10.2. The lowest BCUT2D eigenvalue weighted by Crippen LogP contribution is -2.24. The van der Waals surface area contributed by atoms with Gasteiger partial charge in [-0.2, -0.15) is 0 Å². The number of halogens is 1. The molecule has 5 heteroatoms. The van der Waals surface area contributed by atoms with Crippen molar-refractivity contribution < 1.29 is 0 Å². The zero-order chi connectivity index (χ0) is 11.5. The number of hydrogen-bond donors (Lipinski definition) is 2. The Bertz CT molecular complexity index is 402. The Morgan fingerprint density at radius 1 is 1.38 bits per heavy atom. The van der Waals surface area contributed by atoms with E-state index in [2.05, 4.69) is 10.2 Å². The largest absolute Gasteiger partial charge is 0.376 e. The lowest BCUT2D eigenvalue weighted by molar-refractivity contribution is 0.949. The Balaban J connectivity index is 2.35. The lowest BCUT2D eigenvalue weighted by Gasteiger charge is -2.22. The molecule has 1 aliphatic heterocycles. The van der Waals surface area contributed by atoms with E-state index in [9.17, 15) is 0 Å². The number of thiocarbonyl (C=S) groups is 1. The Kier molecular flexibility index (Phi) is 3.51. The van der Waals surface area contributed by atoms with Crippen molar-refractivity contribution in [1.29, 1.82) is 0 Å². The summed E-state index contributed by atoms with van der Waals surface area (Å²) >= 11 is 11.1. The molecule has 1 heterocycles. The van der Waals surface area contributed by atoms with Gasteiger partial charge in [-0.1, -0.05) is 17.7 Å². The molecule has 1 aromatic rings. The Hall–Kier alpha value is -1.00. The maximum atomic E-state index is 6.23. The predicted molar refractivity (Wildman–Crippen MR) is 73.3 cm³/mol. The van der Waals surface area contributed by atoms with Crippen LogP contribution in [0.3, 0.4) is 0 Å². The fraction of sp³-hybridized carbons (Fsp3) is 0.364. The van der Waals surface area contributed by atoms with Crippen LogP contribution < -0.4 is 16.0 Å². The van der Waals surface area contributed by atoms with E-state index in [1.807, 2.05) is 18.2 Å². The zero-order valence-electron chi connectivity index (χ0n) is 8.87. The zero-order valence-corrected chi connectivity index (χ0v) is 10.4. The minimum atomic E-state index is 0.266. The van der Waals surface area contributed by atoms with Gasteiger partial charge in [-0.05, 0) is 37.2 Å². The molecule has 0 bridgehead atoms. The molecule has 1 saturated heterocycles. The maximum Gasteiger partial charge on any atom is 0.168 e. The second kappa shape index (κ2) is 4.89. The third-order valence-corrected chi connectivity index (χ3v) is 3.07. The number of rotatable bonds is 2. The van der Waals surface area contributed by atoms with Crippen LogP contribution >= 0.6 is 23.8 Å². The predicted octanol–water partition coefficient (Wildman–Crippen LogP) is 2.60. The normalized spacial score (nSPS) is 15.2. The van der Waals surface area contributed by atoms with Crippen LogP contribution in [0.4, 0.5) is 11.4 Å². The number of nitrogens with one attached hydrogen (secondary N) is 1. The van der Waals surface area contributed by atoms with E-state index >= 15 is 0 Å². The molecule has 1 aliphatic rings. The van der Waals surface area contributed by atoms with E-state index < -0.39 is 0 Å². The van der Waals surface area contributed by atoms with Gasteiger partial charge in [0, 0.05) is 13.1 Å². The van der Waals surface area contributed by atoms with Crippen LogP contribution in [0.1, 0.15) is 12.8 Å². The highest BCUT2D eigenvalue weighted by molar-refractivity contribution is 7.80. The van der Waals surface area contributed by atoms with E-state index in [1.54, 1.807) is 0 Å². The number of nitrogens with zero attached hydrogens (tertiary/aromatic N) is 1. The van der Waals surface area contributed by atoms with E-state index in [4.69, 9.17) is 29.6 Å². The highest BCUT2D eigenvalue weighted by Gasteiger charge is 2.18. The van der Waals surface area contributed by atoms with Crippen LogP contribution in [0.5, 0.6) is 0 Å². The van der Waals surface area contributed by atoms with Gasteiger partial charge in [-0.3, -0.25) is 0 Å². The molecule has 0 amide bonds. The van der Waals surface area contributed by atoms with Crippen molar-refractivity contribution >= 4 is 40.3 Å². The third kappa shape index (κ3) is 2.39. The summed E-state index contributed by atoms with van der Waals surface area (Å²) in [5, 5.41) is 3.98. The van der Waals surface area contributed by atoms with Crippen LogP contribution in [0.25, 0.3) is 0 Å². The summed E-state index contributed by atoms with van der Waals surface area (Å²) in [4.78, 5) is 2.27. The molecule has 0 unspecified atom stereocenters. The average Bonchev–Trinajstić information content (AvgIpc) is 2.69. The van der Waals surface area contributed by atoms with Crippen molar-refractivity contribution in [2.75, 3.05) is 23.3 Å². The molecule has 0 spiro atoms. The molecule has 86 valence electrons. The number of nitrogens with two attached hydrogens (primary N) is 1. The Morgan fingerprint density at radius 3 is 2.69 bits per heavy atom. The summed E-state index contributed by atoms with van der Waals surface area (Å²) in [5.74, 6) is 0. The van der Waals surface area contributed by atoms with E-state index in [0.717, 1.165) is 29.5 Å². The first-order valence-corrected chi connectivity index (χ1v) is 6.07. The van der Waals surface area contributed by atoms with Crippen molar-refractivity contribution in [1.82, 2.24) is 0 Å². The van der Waals surface area contributed by atoms with Gasteiger partial charge in [0.05, 0.1) is 16.4 Å². The summed E-state index contributed by atoms with van der Waals surface area (Å²) in [6.45, 7) is 2.07. The number of hydrogen-bond acceptors (Lipinski definition) is 2. The van der Waals surface area contributed by atoms with Gasteiger partial charge >= 0.3 is 0 Å². The Morgan fingerprint density at radius 2 is 2.06 bits per heavy atom. The van der Waals surface area contributed by atoms with Crippen molar-refractivity contribution in [3.63, 3.8) is 0 Å². The van der Waals surface area contributed by atoms with Gasteiger partial charge in [0.15, 0.2) is 5.11 Å². The van der Waals surface area contributed by atoms with Crippen molar-refractivity contribution in [2.24, 2.45) is 5.73 Å². The molecule has 3 nitrogen and oxygen atoms in total. The highest BCUT2D eigenvalue weighted by atomic mass is 35.5.